The molecule has 1 aromatic rings. The fourth-order valence-electron chi connectivity index (χ4n) is 1.88. The van der Waals surface area contributed by atoms with Crippen LogP contribution in [0.15, 0.2) is 11.4 Å². The van der Waals surface area contributed by atoms with Crippen LogP contribution in [0.5, 0.6) is 0 Å². The molecule has 0 bridgehead atoms. The number of carbonyl (C=O) groups is 1. The van der Waals surface area contributed by atoms with Gasteiger partial charge in [0.15, 0.2) is 0 Å². The van der Waals surface area contributed by atoms with Crippen LogP contribution < -0.4 is 10.6 Å². The van der Waals surface area contributed by atoms with E-state index in [-0.39, 0.29) is 11.9 Å². The van der Waals surface area contributed by atoms with E-state index in [4.69, 9.17) is 11.6 Å². The zero-order valence-corrected chi connectivity index (χ0v) is 10.7. The lowest BCUT2D eigenvalue weighted by atomic mass is 10.0. The van der Waals surface area contributed by atoms with Crippen LogP contribution in [0.1, 0.15) is 31.4 Å². The van der Waals surface area contributed by atoms with Crippen molar-refractivity contribution in [1.29, 1.82) is 0 Å². The van der Waals surface area contributed by atoms with Crippen molar-refractivity contribution >= 4 is 28.8 Å². The van der Waals surface area contributed by atoms with Crippen LogP contribution in [0, 0.1) is 0 Å². The van der Waals surface area contributed by atoms with E-state index in [1.54, 1.807) is 11.3 Å². The summed E-state index contributed by atoms with van der Waals surface area (Å²) in [6.45, 7) is 2.84. The molecule has 0 aromatic carbocycles. The van der Waals surface area contributed by atoms with Crippen molar-refractivity contribution < 1.29 is 4.79 Å². The lowest BCUT2D eigenvalue weighted by Crippen LogP contribution is -2.46. The SMILES string of the molecule is CC(NC1CCC(=O)NC1)c1csc(Cl)c1. The van der Waals surface area contributed by atoms with E-state index in [1.165, 1.54) is 5.56 Å². The summed E-state index contributed by atoms with van der Waals surface area (Å²) in [5.74, 6) is 0.157. The minimum absolute atomic E-state index is 0.157. The normalized spacial score (nSPS) is 22.9. The van der Waals surface area contributed by atoms with E-state index in [0.29, 0.717) is 12.5 Å². The molecule has 16 heavy (non-hydrogen) atoms. The summed E-state index contributed by atoms with van der Waals surface area (Å²) in [7, 11) is 0. The molecule has 0 radical (unpaired) electrons. The molecule has 1 aliphatic heterocycles. The van der Waals surface area contributed by atoms with Crippen molar-refractivity contribution in [3.8, 4) is 0 Å². The Hall–Kier alpha value is -0.580. The maximum Gasteiger partial charge on any atom is 0.220 e. The first-order valence-corrected chi connectivity index (χ1v) is 6.67. The molecule has 1 fully saturated rings. The third-order valence-electron chi connectivity index (χ3n) is 2.84. The molecule has 2 heterocycles. The van der Waals surface area contributed by atoms with Crippen molar-refractivity contribution in [1.82, 2.24) is 10.6 Å². The zero-order chi connectivity index (χ0) is 11.5. The quantitative estimate of drug-likeness (QED) is 0.874. The van der Waals surface area contributed by atoms with Gasteiger partial charge in [-0.1, -0.05) is 11.6 Å². The van der Waals surface area contributed by atoms with E-state index in [2.05, 4.69) is 22.9 Å². The molecule has 0 saturated carbocycles. The molecule has 88 valence electrons. The van der Waals surface area contributed by atoms with E-state index in [9.17, 15) is 4.79 Å². The molecule has 2 unspecified atom stereocenters. The van der Waals surface area contributed by atoms with Gasteiger partial charge in [0, 0.05) is 25.0 Å². The molecule has 2 N–H and O–H groups in total. The number of rotatable bonds is 3. The highest BCUT2D eigenvalue weighted by atomic mass is 35.5. The van der Waals surface area contributed by atoms with Gasteiger partial charge in [-0.2, -0.15) is 0 Å². The molecule has 1 saturated heterocycles. The van der Waals surface area contributed by atoms with Crippen molar-refractivity contribution in [2.24, 2.45) is 0 Å². The molecule has 2 atom stereocenters. The molecule has 1 aromatic heterocycles. The molecule has 0 aliphatic carbocycles. The number of hydrogen-bond acceptors (Lipinski definition) is 3. The Kier molecular flexibility index (Phi) is 3.84. The Morgan fingerprint density at radius 3 is 3.06 bits per heavy atom. The van der Waals surface area contributed by atoms with Crippen LogP contribution in [0.2, 0.25) is 4.34 Å². The fourth-order valence-corrected chi connectivity index (χ4v) is 2.86. The highest BCUT2D eigenvalue weighted by molar-refractivity contribution is 7.14. The summed E-state index contributed by atoms with van der Waals surface area (Å²) < 4.78 is 0.820. The minimum Gasteiger partial charge on any atom is -0.355 e. The number of halogens is 1. The molecule has 1 aliphatic rings. The number of hydrogen-bond donors (Lipinski definition) is 2. The molecular formula is C11H15ClN2OS. The highest BCUT2D eigenvalue weighted by Crippen LogP contribution is 2.25. The molecule has 0 spiro atoms. The lowest BCUT2D eigenvalue weighted by molar-refractivity contribution is -0.122. The van der Waals surface area contributed by atoms with Crippen LogP contribution >= 0.6 is 22.9 Å². The largest absolute Gasteiger partial charge is 0.355 e. The average Bonchev–Trinajstić information content (AvgIpc) is 2.68. The van der Waals surface area contributed by atoms with Crippen LogP contribution in [-0.2, 0) is 4.79 Å². The Morgan fingerprint density at radius 1 is 1.69 bits per heavy atom. The second-order valence-electron chi connectivity index (χ2n) is 4.11. The van der Waals surface area contributed by atoms with Crippen LogP contribution in [-0.4, -0.2) is 18.5 Å². The number of thiophene rings is 1. The second-order valence-corrected chi connectivity index (χ2v) is 5.65. The summed E-state index contributed by atoms with van der Waals surface area (Å²) >= 11 is 7.45. The first-order chi connectivity index (χ1) is 7.65. The first-order valence-electron chi connectivity index (χ1n) is 5.42. The fraction of sp³-hybridized carbons (Fsp3) is 0.545. The van der Waals surface area contributed by atoms with Gasteiger partial charge in [0.25, 0.3) is 0 Å². The Balaban J connectivity index is 1.87. The van der Waals surface area contributed by atoms with Gasteiger partial charge in [0.2, 0.25) is 5.91 Å². The van der Waals surface area contributed by atoms with Crippen LogP contribution in [0.3, 0.4) is 0 Å². The summed E-state index contributed by atoms with van der Waals surface area (Å²) in [5, 5.41) is 8.44. The minimum atomic E-state index is 0.157. The number of nitrogens with one attached hydrogen (secondary N) is 2. The van der Waals surface area contributed by atoms with Gasteiger partial charge in [-0.3, -0.25) is 4.79 Å². The Bertz CT molecular complexity index is 370. The predicted molar refractivity (Wildman–Crippen MR) is 66.9 cm³/mol. The summed E-state index contributed by atoms with van der Waals surface area (Å²) in [6, 6.07) is 2.64. The average molecular weight is 259 g/mol. The van der Waals surface area contributed by atoms with Crippen molar-refractivity contribution in [2.75, 3.05) is 6.54 Å². The van der Waals surface area contributed by atoms with E-state index in [0.717, 1.165) is 17.3 Å². The summed E-state index contributed by atoms with van der Waals surface area (Å²) in [4.78, 5) is 11.0. The maximum atomic E-state index is 11.0. The van der Waals surface area contributed by atoms with Gasteiger partial charge in [-0.15, -0.1) is 11.3 Å². The van der Waals surface area contributed by atoms with Crippen LogP contribution in [0.25, 0.3) is 0 Å². The predicted octanol–water partition coefficient (Wildman–Crippen LogP) is 2.33. The first kappa shape index (κ1) is 11.9. The van der Waals surface area contributed by atoms with E-state index >= 15 is 0 Å². The number of amides is 1. The standard InChI is InChI=1S/C11H15ClN2OS/c1-7(8-4-10(12)16-6-8)14-9-2-3-11(15)13-5-9/h4,6-7,9,14H,2-3,5H2,1H3,(H,13,15). The van der Waals surface area contributed by atoms with E-state index < -0.39 is 0 Å². The van der Waals surface area contributed by atoms with Crippen molar-refractivity contribution in [3.63, 3.8) is 0 Å². The Labute approximate surface area is 104 Å². The van der Waals surface area contributed by atoms with Gasteiger partial charge < -0.3 is 10.6 Å². The molecule has 1 amide bonds. The number of piperidine rings is 1. The van der Waals surface area contributed by atoms with E-state index in [1.807, 2.05) is 6.07 Å². The molecule has 5 heteroatoms. The second kappa shape index (κ2) is 5.17. The number of carbonyl (C=O) groups excluding carboxylic acids is 1. The smallest absolute Gasteiger partial charge is 0.220 e. The summed E-state index contributed by atoms with van der Waals surface area (Å²) in [6.07, 6.45) is 1.53. The summed E-state index contributed by atoms with van der Waals surface area (Å²) in [5.41, 5.74) is 1.21. The van der Waals surface area contributed by atoms with Crippen LogP contribution in [0.4, 0.5) is 0 Å². The van der Waals surface area contributed by atoms with Crippen molar-refractivity contribution in [3.05, 3.63) is 21.3 Å². The van der Waals surface area contributed by atoms with Gasteiger partial charge >= 0.3 is 0 Å². The molecule has 3 nitrogen and oxygen atoms in total. The molecule has 2 rings (SSSR count). The monoisotopic (exact) mass is 258 g/mol. The van der Waals surface area contributed by atoms with Crippen molar-refractivity contribution in [2.45, 2.75) is 31.8 Å². The van der Waals surface area contributed by atoms with Gasteiger partial charge in [0.05, 0.1) is 4.34 Å². The maximum absolute atomic E-state index is 11.0. The topological polar surface area (TPSA) is 41.1 Å². The van der Waals surface area contributed by atoms with Gasteiger partial charge in [-0.05, 0) is 30.4 Å². The Morgan fingerprint density at radius 2 is 2.50 bits per heavy atom. The third-order valence-corrected chi connectivity index (χ3v) is 3.95. The highest BCUT2D eigenvalue weighted by Gasteiger charge is 2.20. The lowest BCUT2D eigenvalue weighted by Gasteiger charge is -2.26. The van der Waals surface area contributed by atoms with Gasteiger partial charge in [-0.25, -0.2) is 0 Å². The molecular weight excluding hydrogens is 244 g/mol. The zero-order valence-electron chi connectivity index (χ0n) is 9.13. The third kappa shape index (κ3) is 2.97. The van der Waals surface area contributed by atoms with Gasteiger partial charge in [0.1, 0.15) is 0 Å².